The molecule has 0 fully saturated rings. The van der Waals surface area contributed by atoms with Crippen molar-refractivity contribution in [3.8, 4) is 5.75 Å². The van der Waals surface area contributed by atoms with Crippen molar-refractivity contribution in [3.05, 3.63) is 17.7 Å². The van der Waals surface area contributed by atoms with Crippen LogP contribution in [-0.2, 0) is 11.2 Å². The molecule has 1 heterocycles. The van der Waals surface area contributed by atoms with E-state index in [2.05, 4.69) is 6.92 Å². The molecule has 104 valence electrons. The summed E-state index contributed by atoms with van der Waals surface area (Å²) in [5.74, 6) is 0.681. The van der Waals surface area contributed by atoms with E-state index in [1.54, 1.807) is 11.9 Å². The Morgan fingerprint density at radius 2 is 2.11 bits per heavy atom. The van der Waals surface area contributed by atoms with Crippen molar-refractivity contribution in [2.45, 2.75) is 33.6 Å². The third-order valence-corrected chi connectivity index (χ3v) is 3.52. The lowest BCUT2D eigenvalue weighted by molar-refractivity contribution is -0.127. The van der Waals surface area contributed by atoms with E-state index >= 15 is 0 Å². The van der Waals surface area contributed by atoms with Gasteiger partial charge >= 0.3 is 0 Å². The Morgan fingerprint density at radius 3 is 2.74 bits per heavy atom. The first-order valence-electron chi connectivity index (χ1n) is 6.70. The van der Waals surface area contributed by atoms with Crippen molar-refractivity contribution >= 4 is 17.3 Å². The molecule has 2 N–H and O–H groups in total. The predicted molar refractivity (Wildman–Crippen MR) is 77.5 cm³/mol. The van der Waals surface area contributed by atoms with Gasteiger partial charge in [-0.1, -0.05) is 13.3 Å². The monoisotopic (exact) mass is 262 g/mol. The standard InChI is InChI=1S/C15H22N2O2/c1-5-6-10-7-11(16)13-12(8-10)17(4)14(18)15(2,3)9-19-13/h7-8H,5-6,9,16H2,1-4H3. The van der Waals surface area contributed by atoms with Gasteiger partial charge in [-0.25, -0.2) is 0 Å². The van der Waals surface area contributed by atoms with E-state index < -0.39 is 5.41 Å². The number of nitrogens with zero attached hydrogens (tertiary/aromatic N) is 1. The lowest BCUT2D eigenvalue weighted by Crippen LogP contribution is -2.39. The number of benzene rings is 1. The highest BCUT2D eigenvalue weighted by Crippen LogP contribution is 2.40. The number of aryl methyl sites for hydroxylation is 1. The number of hydrogen-bond acceptors (Lipinski definition) is 3. The van der Waals surface area contributed by atoms with Crippen LogP contribution in [0, 0.1) is 5.41 Å². The Kier molecular flexibility index (Phi) is 3.43. The third kappa shape index (κ3) is 2.39. The Hall–Kier alpha value is -1.71. The minimum Gasteiger partial charge on any atom is -0.488 e. The summed E-state index contributed by atoms with van der Waals surface area (Å²) in [5.41, 5.74) is 8.07. The van der Waals surface area contributed by atoms with Gasteiger partial charge in [-0.2, -0.15) is 0 Å². The summed E-state index contributed by atoms with van der Waals surface area (Å²) in [7, 11) is 1.78. The summed E-state index contributed by atoms with van der Waals surface area (Å²) in [5, 5.41) is 0. The molecule has 1 aliphatic heterocycles. The van der Waals surface area contributed by atoms with Crippen LogP contribution in [0.4, 0.5) is 11.4 Å². The molecule has 4 nitrogen and oxygen atoms in total. The summed E-state index contributed by atoms with van der Waals surface area (Å²) >= 11 is 0. The Balaban J connectivity index is 2.52. The molecule has 0 atom stereocenters. The van der Waals surface area contributed by atoms with Crippen LogP contribution in [0.1, 0.15) is 32.8 Å². The average molecular weight is 262 g/mol. The largest absolute Gasteiger partial charge is 0.488 e. The van der Waals surface area contributed by atoms with Crippen molar-refractivity contribution in [1.29, 1.82) is 0 Å². The summed E-state index contributed by atoms with van der Waals surface area (Å²) in [6, 6.07) is 3.95. The molecule has 0 saturated carbocycles. The van der Waals surface area contributed by atoms with Crippen molar-refractivity contribution in [2.24, 2.45) is 5.41 Å². The van der Waals surface area contributed by atoms with Crippen LogP contribution >= 0.6 is 0 Å². The fourth-order valence-corrected chi connectivity index (χ4v) is 2.41. The average Bonchev–Trinajstić information content (AvgIpc) is 2.42. The van der Waals surface area contributed by atoms with Crippen molar-refractivity contribution in [2.75, 3.05) is 24.3 Å². The molecule has 0 aliphatic carbocycles. The number of carbonyl (C=O) groups excluding carboxylic acids is 1. The maximum atomic E-state index is 12.4. The highest BCUT2D eigenvalue weighted by Gasteiger charge is 2.36. The molecule has 1 amide bonds. The van der Waals surface area contributed by atoms with Gasteiger partial charge < -0.3 is 15.4 Å². The maximum Gasteiger partial charge on any atom is 0.235 e. The van der Waals surface area contributed by atoms with E-state index in [-0.39, 0.29) is 5.91 Å². The molecule has 19 heavy (non-hydrogen) atoms. The van der Waals surface area contributed by atoms with Gasteiger partial charge in [-0.15, -0.1) is 0 Å². The van der Waals surface area contributed by atoms with Crippen molar-refractivity contribution < 1.29 is 9.53 Å². The molecule has 1 aromatic carbocycles. The number of nitrogens with two attached hydrogens (primary N) is 1. The fraction of sp³-hybridized carbons (Fsp3) is 0.533. The van der Waals surface area contributed by atoms with Crippen molar-refractivity contribution in [1.82, 2.24) is 0 Å². The second-order valence-electron chi connectivity index (χ2n) is 5.82. The molecule has 4 heteroatoms. The summed E-state index contributed by atoms with van der Waals surface area (Å²) in [6.45, 7) is 6.25. The topological polar surface area (TPSA) is 55.6 Å². The van der Waals surface area contributed by atoms with Crippen LogP contribution < -0.4 is 15.4 Å². The lowest BCUT2D eigenvalue weighted by atomic mass is 9.93. The number of nitrogen functional groups attached to an aromatic ring is 1. The van der Waals surface area contributed by atoms with E-state index in [1.807, 2.05) is 26.0 Å². The van der Waals surface area contributed by atoms with Gasteiger partial charge in [0.05, 0.1) is 16.8 Å². The molecule has 2 rings (SSSR count). The van der Waals surface area contributed by atoms with Gasteiger partial charge in [0, 0.05) is 7.05 Å². The maximum absolute atomic E-state index is 12.4. The highest BCUT2D eigenvalue weighted by molar-refractivity contribution is 5.99. The van der Waals surface area contributed by atoms with E-state index in [0.717, 1.165) is 24.1 Å². The van der Waals surface area contributed by atoms with E-state index in [1.165, 1.54) is 0 Å². The van der Waals surface area contributed by atoms with E-state index in [0.29, 0.717) is 18.0 Å². The predicted octanol–water partition coefficient (Wildman–Crippen LogP) is 2.60. The highest BCUT2D eigenvalue weighted by atomic mass is 16.5. The quantitative estimate of drug-likeness (QED) is 0.833. The molecule has 0 spiro atoms. The van der Waals surface area contributed by atoms with Crippen LogP contribution in [0.5, 0.6) is 5.75 Å². The van der Waals surface area contributed by atoms with E-state index in [9.17, 15) is 4.79 Å². The zero-order valence-electron chi connectivity index (χ0n) is 12.1. The molecule has 0 unspecified atom stereocenters. The van der Waals surface area contributed by atoms with Gasteiger partial charge in [-0.05, 0) is 38.0 Å². The second kappa shape index (κ2) is 4.76. The molecular weight excluding hydrogens is 240 g/mol. The first kappa shape index (κ1) is 13.7. The minimum atomic E-state index is -0.537. The molecule has 1 aliphatic rings. The first-order chi connectivity index (χ1) is 8.86. The summed E-state index contributed by atoms with van der Waals surface area (Å²) in [4.78, 5) is 14.1. The smallest absolute Gasteiger partial charge is 0.235 e. The van der Waals surface area contributed by atoms with Crippen LogP contribution in [-0.4, -0.2) is 19.6 Å². The third-order valence-electron chi connectivity index (χ3n) is 3.52. The van der Waals surface area contributed by atoms with Gasteiger partial charge in [0.2, 0.25) is 5.91 Å². The molecule has 0 radical (unpaired) electrons. The van der Waals surface area contributed by atoms with Gasteiger partial charge in [0.25, 0.3) is 0 Å². The first-order valence-corrected chi connectivity index (χ1v) is 6.70. The SMILES string of the molecule is CCCc1cc(N)c2c(c1)N(C)C(=O)C(C)(C)CO2. The van der Waals surface area contributed by atoms with Crippen LogP contribution in [0.3, 0.4) is 0 Å². The number of hydrogen-bond donors (Lipinski definition) is 1. The van der Waals surface area contributed by atoms with Gasteiger partial charge in [0.15, 0.2) is 5.75 Å². The Morgan fingerprint density at radius 1 is 1.42 bits per heavy atom. The summed E-state index contributed by atoms with van der Waals surface area (Å²) < 4.78 is 5.78. The fourth-order valence-electron chi connectivity index (χ4n) is 2.41. The number of fused-ring (bicyclic) bond motifs is 1. The molecule has 0 bridgehead atoms. The van der Waals surface area contributed by atoms with Gasteiger partial charge in [-0.3, -0.25) is 4.79 Å². The minimum absolute atomic E-state index is 0.0549. The van der Waals surface area contributed by atoms with Gasteiger partial charge in [0.1, 0.15) is 6.61 Å². The normalized spacial score (nSPS) is 17.7. The van der Waals surface area contributed by atoms with Crippen LogP contribution in [0.15, 0.2) is 12.1 Å². The number of carbonyl (C=O) groups is 1. The van der Waals surface area contributed by atoms with E-state index in [4.69, 9.17) is 10.5 Å². The lowest BCUT2D eigenvalue weighted by Gasteiger charge is -2.24. The van der Waals surface area contributed by atoms with Crippen LogP contribution in [0.2, 0.25) is 0 Å². The molecular formula is C15H22N2O2. The number of anilines is 2. The zero-order valence-corrected chi connectivity index (χ0v) is 12.1. The zero-order chi connectivity index (χ0) is 14.2. The van der Waals surface area contributed by atoms with Crippen LogP contribution in [0.25, 0.3) is 0 Å². The number of ether oxygens (including phenoxy) is 1. The molecule has 1 aromatic rings. The number of amides is 1. The Labute approximate surface area is 114 Å². The molecule has 0 saturated heterocycles. The van der Waals surface area contributed by atoms with Crippen molar-refractivity contribution in [3.63, 3.8) is 0 Å². The second-order valence-corrected chi connectivity index (χ2v) is 5.82. The molecule has 0 aromatic heterocycles. The summed E-state index contributed by atoms with van der Waals surface area (Å²) in [6.07, 6.45) is 1.99. The number of rotatable bonds is 2. The Bertz CT molecular complexity index is 509.